The monoisotopic (exact) mass is 370 g/mol. The van der Waals surface area contributed by atoms with Crippen LogP contribution in [0.4, 0.5) is 0 Å². The molecule has 1 atom stereocenters. The lowest BCUT2D eigenvalue weighted by molar-refractivity contribution is -0.134. The van der Waals surface area contributed by atoms with Crippen molar-refractivity contribution in [2.45, 2.75) is 19.4 Å². The summed E-state index contributed by atoms with van der Waals surface area (Å²) in [6, 6.07) is 0.139. The van der Waals surface area contributed by atoms with Gasteiger partial charge in [0, 0.05) is 51.7 Å². The number of hydrogen-bond acceptors (Lipinski definition) is 5. The summed E-state index contributed by atoms with van der Waals surface area (Å²) in [7, 11) is 0. The molecule has 0 saturated carbocycles. The molecule has 2 amide bonds. The lowest BCUT2D eigenvalue weighted by atomic mass is 10.1. The maximum absolute atomic E-state index is 12.2. The maximum atomic E-state index is 12.2. The number of piperazine rings is 1. The summed E-state index contributed by atoms with van der Waals surface area (Å²) in [6.45, 7) is 8.08. The average Bonchev–Trinajstić information content (AvgIpc) is 2.49. The lowest BCUT2D eigenvalue weighted by Gasteiger charge is -2.35. The van der Waals surface area contributed by atoms with E-state index < -0.39 is 0 Å². The van der Waals surface area contributed by atoms with Crippen LogP contribution < -0.4 is 10.6 Å². The van der Waals surface area contributed by atoms with Crippen LogP contribution in [-0.4, -0.2) is 86.7 Å². The molecule has 7 nitrogen and oxygen atoms in total. The first-order valence-corrected chi connectivity index (χ1v) is 7.77. The second-order valence-electron chi connectivity index (χ2n) is 5.54. The molecule has 0 bridgehead atoms. The molecule has 2 saturated heterocycles. The van der Waals surface area contributed by atoms with Gasteiger partial charge in [0.25, 0.3) is 0 Å². The van der Waals surface area contributed by atoms with Crippen LogP contribution in [0.3, 0.4) is 0 Å². The van der Waals surface area contributed by atoms with Crippen molar-refractivity contribution in [3.63, 3.8) is 0 Å². The Bertz CT molecular complexity index is 360. The summed E-state index contributed by atoms with van der Waals surface area (Å²) in [5.74, 6) is 0.233. The first-order chi connectivity index (χ1) is 10.2. The number of amides is 2. The zero-order valence-corrected chi connectivity index (χ0v) is 15.2. The van der Waals surface area contributed by atoms with E-state index in [1.807, 2.05) is 11.8 Å². The van der Waals surface area contributed by atoms with Gasteiger partial charge in [0.05, 0.1) is 19.8 Å². The third-order valence-electron chi connectivity index (χ3n) is 3.89. The normalized spacial score (nSPS) is 21.8. The Hall–Kier alpha value is -0.600. The quantitative estimate of drug-likeness (QED) is 0.681. The third-order valence-corrected chi connectivity index (χ3v) is 3.89. The number of nitrogens with zero attached hydrogens (tertiary/aromatic N) is 2. The minimum atomic E-state index is 0. The minimum Gasteiger partial charge on any atom is -0.378 e. The molecule has 0 spiro atoms. The average molecular weight is 371 g/mol. The number of carbonyl (C=O) groups excluding carboxylic acids is 2. The smallest absolute Gasteiger partial charge is 0.234 e. The van der Waals surface area contributed by atoms with Crippen LogP contribution in [0.15, 0.2) is 0 Å². The molecule has 1 unspecified atom stereocenters. The van der Waals surface area contributed by atoms with Gasteiger partial charge in [-0.05, 0) is 6.92 Å². The predicted molar refractivity (Wildman–Crippen MR) is 93.4 cm³/mol. The Morgan fingerprint density at radius 1 is 1.22 bits per heavy atom. The Kier molecular flexibility index (Phi) is 11.6. The molecule has 2 aliphatic rings. The Balaban J connectivity index is 0.00000242. The van der Waals surface area contributed by atoms with Crippen molar-refractivity contribution in [1.82, 2.24) is 20.4 Å². The van der Waals surface area contributed by atoms with Gasteiger partial charge in [-0.25, -0.2) is 0 Å². The number of halogens is 2. The number of carbonyl (C=O) groups is 2. The number of hydrogen-bond donors (Lipinski definition) is 2. The highest BCUT2D eigenvalue weighted by Gasteiger charge is 2.25. The number of likely N-dealkylation sites (N-methyl/N-ethyl adjacent to an activating group) is 1. The Morgan fingerprint density at radius 2 is 1.91 bits per heavy atom. The van der Waals surface area contributed by atoms with Gasteiger partial charge in [-0.2, -0.15) is 0 Å². The molecule has 2 fully saturated rings. The summed E-state index contributed by atoms with van der Waals surface area (Å²) in [5.41, 5.74) is 0. The number of morpholine rings is 1. The topological polar surface area (TPSA) is 73.9 Å². The molecule has 0 aromatic rings. The van der Waals surface area contributed by atoms with Crippen molar-refractivity contribution >= 4 is 36.6 Å². The van der Waals surface area contributed by atoms with E-state index >= 15 is 0 Å². The third kappa shape index (κ3) is 7.67. The molecule has 9 heteroatoms. The second-order valence-corrected chi connectivity index (χ2v) is 5.54. The van der Waals surface area contributed by atoms with Gasteiger partial charge in [-0.15, -0.1) is 24.8 Å². The van der Waals surface area contributed by atoms with Crippen molar-refractivity contribution in [1.29, 1.82) is 0 Å². The molecule has 2 heterocycles. The van der Waals surface area contributed by atoms with Gasteiger partial charge in [-0.1, -0.05) is 0 Å². The van der Waals surface area contributed by atoms with E-state index in [1.165, 1.54) is 0 Å². The molecule has 2 N–H and O–H groups in total. The molecule has 0 aromatic heterocycles. The van der Waals surface area contributed by atoms with E-state index in [4.69, 9.17) is 4.74 Å². The molecule has 0 radical (unpaired) electrons. The SMILES string of the molecule is CCNC(=O)CN1CCN(C(=O)CC2COCCN2)CC1.Cl.Cl. The Morgan fingerprint density at radius 3 is 2.48 bits per heavy atom. The zero-order valence-electron chi connectivity index (χ0n) is 13.6. The molecule has 2 rings (SSSR count). The van der Waals surface area contributed by atoms with Gasteiger partial charge < -0.3 is 20.3 Å². The summed E-state index contributed by atoms with van der Waals surface area (Å²) in [4.78, 5) is 27.8. The molecular formula is C14H28Cl2N4O3. The van der Waals surface area contributed by atoms with Crippen molar-refractivity contribution in [2.24, 2.45) is 0 Å². The van der Waals surface area contributed by atoms with E-state index in [9.17, 15) is 9.59 Å². The van der Waals surface area contributed by atoms with Crippen LogP contribution in [0.25, 0.3) is 0 Å². The van der Waals surface area contributed by atoms with Gasteiger partial charge in [0.1, 0.15) is 0 Å². The van der Waals surface area contributed by atoms with Crippen LogP contribution in [0.2, 0.25) is 0 Å². The van der Waals surface area contributed by atoms with E-state index in [2.05, 4.69) is 15.5 Å². The first-order valence-electron chi connectivity index (χ1n) is 7.77. The van der Waals surface area contributed by atoms with Crippen molar-refractivity contribution in [2.75, 3.05) is 59.0 Å². The minimum absolute atomic E-state index is 0. The zero-order chi connectivity index (χ0) is 15.1. The highest BCUT2D eigenvalue weighted by molar-refractivity contribution is 5.85. The first kappa shape index (κ1) is 22.4. The van der Waals surface area contributed by atoms with E-state index in [-0.39, 0.29) is 42.7 Å². The van der Waals surface area contributed by atoms with E-state index in [0.29, 0.717) is 39.2 Å². The molecular weight excluding hydrogens is 343 g/mol. The molecule has 23 heavy (non-hydrogen) atoms. The van der Waals surface area contributed by atoms with Crippen molar-refractivity contribution in [3.8, 4) is 0 Å². The van der Waals surface area contributed by atoms with Crippen LogP contribution in [0.1, 0.15) is 13.3 Å². The molecule has 0 aromatic carbocycles. The van der Waals surface area contributed by atoms with Crippen LogP contribution >= 0.6 is 24.8 Å². The van der Waals surface area contributed by atoms with Crippen molar-refractivity contribution < 1.29 is 14.3 Å². The van der Waals surface area contributed by atoms with E-state index in [1.54, 1.807) is 0 Å². The predicted octanol–water partition coefficient (Wildman–Crippen LogP) is -0.511. The lowest BCUT2D eigenvalue weighted by Crippen LogP contribution is -2.52. The van der Waals surface area contributed by atoms with Crippen LogP contribution in [0, 0.1) is 0 Å². The molecule has 136 valence electrons. The molecule has 2 aliphatic heterocycles. The summed E-state index contributed by atoms with van der Waals surface area (Å²) in [6.07, 6.45) is 0.496. The van der Waals surface area contributed by atoms with E-state index in [0.717, 1.165) is 26.2 Å². The van der Waals surface area contributed by atoms with Crippen molar-refractivity contribution in [3.05, 3.63) is 0 Å². The summed E-state index contributed by atoms with van der Waals surface area (Å²) >= 11 is 0. The highest BCUT2D eigenvalue weighted by Crippen LogP contribution is 2.07. The van der Waals surface area contributed by atoms with Crippen LogP contribution in [-0.2, 0) is 14.3 Å². The Labute approximate surface area is 150 Å². The number of nitrogens with one attached hydrogen (secondary N) is 2. The van der Waals surface area contributed by atoms with Gasteiger partial charge in [0.2, 0.25) is 11.8 Å². The fraction of sp³-hybridized carbons (Fsp3) is 0.857. The maximum Gasteiger partial charge on any atom is 0.234 e. The number of rotatable bonds is 5. The van der Waals surface area contributed by atoms with Gasteiger partial charge in [0.15, 0.2) is 0 Å². The number of ether oxygens (including phenoxy) is 1. The van der Waals surface area contributed by atoms with Gasteiger partial charge >= 0.3 is 0 Å². The van der Waals surface area contributed by atoms with Gasteiger partial charge in [-0.3, -0.25) is 14.5 Å². The second kappa shape index (κ2) is 11.9. The summed E-state index contributed by atoms with van der Waals surface area (Å²) < 4.78 is 5.37. The van der Waals surface area contributed by atoms with Crippen LogP contribution in [0.5, 0.6) is 0 Å². The fourth-order valence-corrected chi connectivity index (χ4v) is 2.70. The summed E-state index contributed by atoms with van der Waals surface area (Å²) in [5, 5.41) is 6.10. The largest absolute Gasteiger partial charge is 0.378 e. The standard InChI is InChI=1S/C14H26N4O3.2ClH/c1-2-15-13(19)10-17-4-6-18(7-5-17)14(20)9-12-11-21-8-3-16-12;;/h12,16H,2-11H2,1H3,(H,15,19);2*1H. The fourth-order valence-electron chi connectivity index (χ4n) is 2.70. The molecule has 0 aliphatic carbocycles. The highest BCUT2D eigenvalue weighted by atomic mass is 35.5.